The fourth-order valence-electron chi connectivity index (χ4n) is 1.86. The zero-order valence-electron chi connectivity index (χ0n) is 10.0. The lowest BCUT2D eigenvalue weighted by Crippen LogP contribution is -2.33. The van der Waals surface area contributed by atoms with E-state index in [1.807, 2.05) is 32.0 Å². The van der Waals surface area contributed by atoms with Crippen LogP contribution in [-0.4, -0.2) is 18.0 Å². The molecule has 1 N–H and O–H groups in total. The van der Waals surface area contributed by atoms with Crippen LogP contribution >= 0.6 is 0 Å². The van der Waals surface area contributed by atoms with Crippen molar-refractivity contribution in [1.82, 2.24) is 0 Å². The van der Waals surface area contributed by atoms with Crippen molar-refractivity contribution in [1.29, 1.82) is 5.41 Å². The van der Waals surface area contributed by atoms with Crippen molar-refractivity contribution in [3.63, 3.8) is 0 Å². The Kier molecular flexibility index (Phi) is 3.13. The number of cyclic esters (lactones) is 1. The van der Waals surface area contributed by atoms with Crippen LogP contribution < -0.4 is 4.90 Å². The number of rotatable bonds is 3. The maximum absolute atomic E-state index is 11.8. The molecule has 1 fully saturated rings. The smallest absolute Gasteiger partial charge is 0.420 e. The molecule has 0 spiro atoms. The first-order chi connectivity index (χ1) is 8.15. The van der Waals surface area contributed by atoms with Gasteiger partial charge in [-0.15, -0.1) is 0 Å². The molecule has 90 valence electrons. The number of hydrogen-bond donors (Lipinski definition) is 1. The fraction of sp³-hybridized carbons (Fsp3) is 0.385. The van der Waals surface area contributed by atoms with E-state index in [2.05, 4.69) is 0 Å². The quantitative estimate of drug-likeness (QED) is 0.870. The Morgan fingerprint density at radius 3 is 2.65 bits per heavy atom. The molecule has 2 unspecified atom stereocenters. The molecule has 4 heteroatoms. The summed E-state index contributed by atoms with van der Waals surface area (Å²) in [5.41, 5.74) is 0.688. The average molecular weight is 232 g/mol. The lowest BCUT2D eigenvalue weighted by atomic mass is 10.0. The Morgan fingerprint density at radius 1 is 1.41 bits per heavy atom. The normalized spacial score (nSPS) is 21.5. The Balaban J connectivity index is 2.26. The lowest BCUT2D eigenvalue weighted by molar-refractivity contribution is 0.126. The van der Waals surface area contributed by atoms with Crippen molar-refractivity contribution < 1.29 is 9.53 Å². The molecule has 2 rings (SSSR count). The molecule has 4 nitrogen and oxygen atoms in total. The summed E-state index contributed by atoms with van der Waals surface area (Å²) >= 11 is 0. The molecule has 1 heterocycles. The molecule has 17 heavy (non-hydrogen) atoms. The number of amidine groups is 1. The van der Waals surface area contributed by atoms with Gasteiger partial charge in [-0.05, 0) is 18.6 Å². The zero-order chi connectivity index (χ0) is 12.4. The summed E-state index contributed by atoms with van der Waals surface area (Å²) in [7, 11) is 0. The Hall–Kier alpha value is -1.84. The third kappa shape index (κ3) is 2.02. The van der Waals surface area contributed by atoms with E-state index in [9.17, 15) is 4.79 Å². The van der Waals surface area contributed by atoms with Crippen LogP contribution in [0, 0.1) is 11.3 Å². The highest BCUT2D eigenvalue weighted by molar-refractivity contribution is 6.19. The van der Waals surface area contributed by atoms with Crippen LogP contribution in [-0.2, 0) is 4.74 Å². The second-order valence-electron chi connectivity index (χ2n) is 4.25. The highest BCUT2D eigenvalue weighted by Gasteiger charge is 2.40. The number of nitrogens with one attached hydrogen (secondary N) is 1. The van der Waals surface area contributed by atoms with E-state index in [0.717, 1.165) is 6.42 Å². The number of anilines is 1. The summed E-state index contributed by atoms with van der Waals surface area (Å²) in [5, 5.41) is 8.04. The Labute approximate surface area is 101 Å². The van der Waals surface area contributed by atoms with E-state index in [-0.39, 0.29) is 11.8 Å². The summed E-state index contributed by atoms with van der Waals surface area (Å²) in [4.78, 5) is 13.1. The molecule has 0 aromatic heterocycles. The average Bonchev–Trinajstić information content (AvgIpc) is 2.65. The van der Waals surface area contributed by atoms with Gasteiger partial charge in [0.2, 0.25) is 0 Å². The van der Waals surface area contributed by atoms with E-state index >= 15 is 0 Å². The highest BCUT2D eigenvalue weighted by atomic mass is 16.6. The third-order valence-corrected chi connectivity index (χ3v) is 3.10. The van der Waals surface area contributed by atoms with Crippen molar-refractivity contribution in [3.05, 3.63) is 30.3 Å². The summed E-state index contributed by atoms with van der Waals surface area (Å²) in [6, 6.07) is 9.16. The number of ether oxygens (including phenoxy) is 1. The minimum atomic E-state index is -0.452. The van der Waals surface area contributed by atoms with Gasteiger partial charge in [-0.2, -0.15) is 0 Å². The SMILES string of the molecule is CCC(C)C1OC(=O)N(c2ccccc2)C1=N. The van der Waals surface area contributed by atoms with Crippen LogP contribution in [0.25, 0.3) is 0 Å². The second-order valence-corrected chi connectivity index (χ2v) is 4.25. The summed E-state index contributed by atoms with van der Waals surface area (Å²) in [6.07, 6.45) is 0.00220. The summed E-state index contributed by atoms with van der Waals surface area (Å²) in [5.74, 6) is 0.399. The van der Waals surface area contributed by atoms with Gasteiger partial charge in [-0.1, -0.05) is 32.0 Å². The minimum absolute atomic E-state index is 0.167. The van der Waals surface area contributed by atoms with Gasteiger partial charge in [0.1, 0.15) is 0 Å². The van der Waals surface area contributed by atoms with Crippen LogP contribution in [0.2, 0.25) is 0 Å². The van der Waals surface area contributed by atoms with Crippen molar-refractivity contribution >= 4 is 17.6 Å². The van der Waals surface area contributed by atoms with E-state index in [4.69, 9.17) is 10.1 Å². The molecule has 2 atom stereocenters. The molecule has 1 aromatic rings. The number of nitrogens with zero attached hydrogens (tertiary/aromatic N) is 1. The monoisotopic (exact) mass is 232 g/mol. The number of hydrogen-bond acceptors (Lipinski definition) is 3. The first-order valence-corrected chi connectivity index (χ1v) is 5.79. The van der Waals surface area contributed by atoms with Gasteiger partial charge in [0, 0.05) is 5.92 Å². The largest absolute Gasteiger partial charge is 0.437 e. The third-order valence-electron chi connectivity index (χ3n) is 3.10. The predicted molar refractivity (Wildman–Crippen MR) is 66.4 cm³/mol. The number of carbonyl (C=O) groups is 1. The van der Waals surface area contributed by atoms with Crippen LogP contribution in [0.1, 0.15) is 20.3 Å². The van der Waals surface area contributed by atoms with Gasteiger partial charge < -0.3 is 4.74 Å². The predicted octanol–water partition coefficient (Wildman–Crippen LogP) is 3.04. The number of amides is 1. The molecule has 1 saturated heterocycles. The first-order valence-electron chi connectivity index (χ1n) is 5.79. The topological polar surface area (TPSA) is 53.4 Å². The van der Waals surface area contributed by atoms with Crippen LogP contribution in [0.3, 0.4) is 0 Å². The Morgan fingerprint density at radius 2 is 2.06 bits per heavy atom. The number of carbonyl (C=O) groups excluding carboxylic acids is 1. The fourth-order valence-corrected chi connectivity index (χ4v) is 1.86. The van der Waals surface area contributed by atoms with E-state index in [0.29, 0.717) is 5.69 Å². The molecule has 1 aliphatic rings. The minimum Gasteiger partial charge on any atom is -0.437 e. The molecule has 0 aliphatic carbocycles. The van der Waals surface area contributed by atoms with E-state index in [1.165, 1.54) is 4.90 Å². The van der Waals surface area contributed by atoms with Gasteiger partial charge in [0.05, 0.1) is 5.69 Å². The summed E-state index contributed by atoms with van der Waals surface area (Å²) in [6.45, 7) is 4.01. The number of para-hydroxylation sites is 1. The van der Waals surface area contributed by atoms with Gasteiger partial charge in [-0.3, -0.25) is 5.41 Å². The highest BCUT2D eigenvalue weighted by Crippen LogP contribution is 2.27. The number of benzene rings is 1. The molecule has 0 radical (unpaired) electrons. The van der Waals surface area contributed by atoms with E-state index < -0.39 is 12.2 Å². The molecule has 0 bridgehead atoms. The van der Waals surface area contributed by atoms with Crippen molar-refractivity contribution in [3.8, 4) is 0 Å². The zero-order valence-corrected chi connectivity index (χ0v) is 10.0. The molecular formula is C13H16N2O2. The standard InChI is InChI=1S/C13H16N2O2/c1-3-9(2)11-12(14)15(13(16)17-11)10-7-5-4-6-8-10/h4-9,11,14H,3H2,1-2H3. The molecule has 1 aliphatic heterocycles. The van der Waals surface area contributed by atoms with E-state index in [1.54, 1.807) is 12.1 Å². The molecular weight excluding hydrogens is 216 g/mol. The van der Waals surface area contributed by atoms with Crippen molar-refractivity contribution in [2.24, 2.45) is 5.92 Å². The van der Waals surface area contributed by atoms with Gasteiger partial charge in [0.25, 0.3) is 0 Å². The van der Waals surface area contributed by atoms with Gasteiger partial charge in [-0.25, -0.2) is 9.69 Å². The van der Waals surface area contributed by atoms with Gasteiger partial charge in [0.15, 0.2) is 11.9 Å². The molecule has 1 aromatic carbocycles. The van der Waals surface area contributed by atoms with Crippen LogP contribution in [0.5, 0.6) is 0 Å². The molecule has 1 amide bonds. The van der Waals surface area contributed by atoms with Gasteiger partial charge >= 0.3 is 6.09 Å². The first kappa shape index (κ1) is 11.6. The summed E-state index contributed by atoms with van der Waals surface area (Å²) < 4.78 is 5.26. The maximum Gasteiger partial charge on any atom is 0.420 e. The van der Waals surface area contributed by atoms with Crippen LogP contribution in [0.4, 0.5) is 10.5 Å². The molecule has 0 saturated carbocycles. The second kappa shape index (κ2) is 4.57. The van der Waals surface area contributed by atoms with Crippen molar-refractivity contribution in [2.45, 2.75) is 26.4 Å². The lowest BCUT2D eigenvalue weighted by Gasteiger charge is -2.16. The van der Waals surface area contributed by atoms with Crippen molar-refractivity contribution in [2.75, 3.05) is 4.90 Å². The van der Waals surface area contributed by atoms with Crippen LogP contribution in [0.15, 0.2) is 30.3 Å². The Bertz CT molecular complexity index is 430. The maximum atomic E-state index is 11.8.